The maximum Gasteiger partial charge on any atom is 0.265 e. The van der Waals surface area contributed by atoms with Crippen molar-refractivity contribution in [3.05, 3.63) is 58.9 Å². The molecule has 4 N–H and O–H groups in total. The molecular weight excluding hydrogens is 378 g/mol. The Labute approximate surface area is 169 Å². The number of aromatic nitrogens is 3. The third-order valence-corrected chi connectivity index (χ3v) is 4.78. The maximum atomic E-state index is 12.6. The molecule has 1 unspecified atom stereocenters. The van der Waals surface area contributed by atoms with Crippen molar-refractivity contribution in [3.63, 3.8) is 0 Å². The number of anilines is 1. The standard InChI is InChI=1S/C20H21N5O2.ClH/c1-11-7-14-9-17(27-16(14)8-12(11)2)20(26)22-15-5-3-13(4-6-15)19-23-18(10-21)24-25-19;/h3-8,17H,9-10,21H2,1-2H3,(H,22,26)(H,23,24,25);1H. The monoisotopic (exact) mass is 399 g/mol. The Kier molecular flexibility index (Phi) is 5.67. The number of nitrogens with one attached hydrogen (secondary N) is 2. The lowest BCUT2D eigenvalue weighted by Gasteiger charge is -2.11. The predicted octanol–water partition coefficient (Wildman–Crippen LogP) is 2.91. The molecule has 1 aliphatic rings. The van der Waals surface area contributed by atoms with Gasteiger partial charge >= 0.3 is 0 Å². The van der Waals surface area contributed by atoms with E-state index in [1.807, 2.05) is 37.3 Å². The zero-order valence-corrected chi connectivity index (χ0v) is 16.5. The molecule has 8 heteroatoms. The highest BCUT2D eigenvalue weighted by Gasteiger charge is 2.29. The molecule has 0 saturated carbocycles. The van der Waals surface area contributed by atoms with E-state index in [0.29, 0.717) is 30.3 Å². The summed E-state index contributed by atoms with van der Waals surface area (Å²) in [4.78, 5) is 16.9. The fourth-order valence-electron chi connectivity index (χ4n) is 3.10. The molecule has 1 aromatic heterocycles. The summed E-state index contributed by atoms with van der Waals surface area (Å²) in [5, 5.41) is 9.82. The lowest BCUT2D eigenvalue weighted by molar-refractivity contribution is -0.122. The Morgan fingerprint density at radius 3 is 2.64 bits per heavy atom. The van der Waals surface area contributed by atoms with Crippen LogP contribution >= 0.6 is 12.4 Å². The smallest absolute Gasteiger partial charge is 0.265 e. The van der Waals surface area contributed by atoms with Crippen molar-refractivity contribution in [2.45, 2.75) is 32.9 Å². The number of halogens is 1. The Balaban J connectivity index is 0.00000225. The number of aryl methyl sites for hydroxylation is 2. The minimum atomic E-state index is -0.513. The van der Waals surface area contributed by atoms with Crippen molar-refractivity contribution in [2.24, 2.45) is 5.73 Å². The van der Waals surface area contributed by atoms with Crippen molar-refractivity contribution in [1.29, 1.82) is 0 Å². The highest BCUT2D eigenvalue weighted by Crippen LogP contribution is 2.32. The van der Waals surface area contributed by atoms with Gasteiger partial charge in [0.05, 0.1) is 6.54 Å². The largest absolute Gasteiger partial charge is 0.480 e. The molecule has 1 amide bonds. The molecule has 0 aliphatic carbocycles. The van der Waals surface area contributed by atoms with Crippen LogP contribution in [-0.2, 0) is 17.8 Å². The number of carbonyl (C=O) groups excluding carboxylic acids is 1. The molecule has 1 aliphatic heterocycles. The molecule has 146 valence electrons. The lowest BCUT2D eigenvalue weighted by Crippen LogP contribution is -2.31. The number of fused-ring (bicyclic) bond motifs is 1. The second-order valence-corrected chi connectivity index (χ2v) is 6.73. The Morgan fingerprint density at radius 2 is 1.96 bits per heavy atom. The number of nitrogens with zero attached hydrogens (tertiary/aromatic N) is 2. The Bertz CT molecular complexity index is 969. The molecular formula is C20H22ClN5O2. The number of hydrogen-bond acceptors (Lipinski definition) is 5. The van der Waals surface area contributed by atoms with Gasteiger partial charge in [-0.15, -0.1) is 12.4 Å². The van der Waals surface area contributed by atoms with Gasteiger partial charge in [0, 0.05) is 17.7 Å². The number of benzene rings is 2. The van der Waals surface area contributed by atoms with Gasteiger partial charge < -0.3 is 15.8 Å². The number of hydrogen-bond donors (Lipinski definition) is 3. The first-order valence-electron chi connectivity index (χ1n) is 8.83. The second-order valence-electron chi connectivity index (χ2n) is 6.73. The summed E-state index contributed by atoms with van der Waals surface area (Å²) in [5.41, 5.74) is 10.5. The third-order valence-electron chi connectivity index (χ3n) is 4.78. The molecule has 2 aromatic carbocycles. The summed E-state index contributed by atoms with van der Waals surface area (Å²) in [6.07, 6.45) is 0.0698. The maximum absolute atomic E-state index is 12.6. The molecule has 4 rings (SSSR count). The first-order chi connectivity index (χ1) is 13.0. The van der Waals surface area contributed by atoms with Crippen molar-refractivity contribution >= 4 is 24.0 Å². The van der Waals surface area contributed by atoms with Crippen LogP contribution in [0.25, 0.3) is 11.4 Å². The molecule has 0 fully saturated rings. The normalized spacial score (nSPS) is 14.8. The first-order valence-corrected chi connectivity index (χ1v) is 8.83. The number of H-pyrrole nitrogens is 1. The molecule has 0 radical (unpaired) electrons. The van der Waals surface area contributed by atoms with Crippen LogP contribution in [0.4, 0.5) is 5.69 Å². The predicted molar refractivity (Wildman–Crippen MR) is 110 cm³/mol. The Morgan fingerprint density at radius 1 is 1.25 bits per heavy atom. The van der Waals surface area contributed by atoms with Gasteiger partial charge in [-0.3, -0.25) is 9.89 Å². The van der Waals surface area contributed by atoms with Crippen molar-refractivity contribution in [2.75, 3.05) is 5.32 Å². The van der Waals surface area contributed by atoms with Gasteiger partial charge in [0.15, 0.2) is 11.9 Å². The minimum Gasteiger partial charge on any atom is -0.480 e. The van der Waals surface area contributed by atoms with Crippen molar-refractivity contribution in [1.82, 2.24) is 15.2 Å². The van der Waals surface area contributed by atoms with Crippen LogP contribution in [0.5, 0.6) is 5.75 Å². The lowest BCUT2D eigenvalue weighted by atomic mass is 10.0. The van der Waals surface area contributed by atoms with Crippen LogP contribution in [0.2, 0.25) is 0 Å². The van der Waals surface area contributed by atoms with Gasteiger partial charge in [-0.1, -0.05) is 6.07 Å². The van der Waals surface area contributed by atoms with E-state index in [2.05, 4.69) is 33.5 Å². The van der Waals surface area contributed by atoms with Gasteiger partial charge in [-0.2, -0.15) is 5.10 Å². The van der Waals surface area contributed by atoms with E-state index in [1.54, 1.807) is 0 Å². The van der Waals surface area contributed by atoms with Crippen molar-refractivity contribution < 1.29 is 9.53 Å². The Hall–Kier alpha value is -2.90. The third kappa shape index (κ3) is 3.85. The summed E-state index contributed by atoms with van der Waals surface area (Å²) < 4.78 is 5.84. The molecule has 0 spiro atoms. The molecule has 0 bridgehead atoms. The van der Waals surface area contributed by atoms with Gasteiger partial charge in [-0.05, 0) is 60.9 Å². The zero-order chi connectivity index (χ0) is 19.0. The zero-order valence-electron chi connectivity index (χ0n) is 15.7. The van der Waals surface area contributed by atoms with Crippen LogP contribution in [0, 0.1) is 13.8 Å². The number of aromatic amines is 1. The number of amides is 1. The van der Waals surface area contributed by atoms with Crippen LogP contribution in [-0.4, -0.2) is 27.2 Å². The summed E-state index contributed by atoms with van der Waals surface area (Å²) in [5.74, 6) is 1.85. The number of rotatable bonds is 4. The van der Waals surface area contributed by atoms with E-state index >= 15 is 0 Å². The highest BCUT2D eigenvalue weighted by molar-refractivity contribution is 5.95. The summed E-state index contributed by atoms with van der Waals surface area (Å²) in [7, 11) is 0. The van der Waals surface area contributed by atoms with E-state index in [1.165, 1.54) is 5.56 Å². The minimum absolute atomic E-state index is 0. The summed E-state index contributed by atoms with van der Waals surface area (Å²) >= 11 is 0. The number of carbonyl (C=O) groups is 1. The first kappa shape index (κ1) is 19.9. The van der Waals surface area contributed by atoms with Gasteiger partial charge in [0.1, 0.15) is 11.6 Å². The summed E-state index contributed by atoms with van der Waals surface area (Å²) in [6.45, 7) is 4.41. The molecule has 0 saturated heterocycles. The van der Waals surface area contributed by atoms with Crippen molar-refractivity contribution in [3.8, 4) is 17.1 Å². The van der Waals surface area contributed by atoms with Crippen LogP contribution in [0.3, 0.4) is 0 Å². The van der Waals surface area contributed by atoms with Gasteiger partial charge in [0.25, 0.3) is 5.91 Å². The fraction of sp³-hybridized carbons (Fsp3) is 0.250. The van der Waals surface area contributed by atoms with Crippen LogP contribution in [0.1, 0.15) is 22.5 Å². The van der Waals surface area contributed by atoms with E-state index in [0.717, 1.165) is 22.4 Å². The topological polar surface area (TPSA) is 106 Å². The van der Waals surface area contributed by atoms with Crippen LogP contribution in [0.15, 0.2) is 36.4 Å². The molecule has 3 aromatic rings. The average molecular weight is 400 g/mol. The molecule has 28 heavy (non-hydrogen) atoms. The van der Waals surface area contributed by atoms with E-state index < -0.39 is 6.10 Å². The quantitative estimate of drug-likeness (QED) is 0.625. The van der Waals surface area contributed by atoms with E-state index in [4.69, 9.17) is 10.5 Å². The number of ether oxygens (including phenoxy) is 1. The average Bonchev–Trinajstić information content (AvgIpc) is 3.30. The SMILES string of the molecule is Cc1cc2c(cc1C)OC(C(=O)Nc1ccc(-c3n[nH]c(CN)n3)cc1)C2.Cl. The van der Waals surface area contributed by atoms with Gasteiger partial charge in [0.2, 0.25) is 0 Å². The van der Waals surface area contributed by atoms with Gasteiger partial charge in [-0.25, -0.2) is 4.98 Å². The summed E-state index contributed by atoms with van der Waals surface area (Å²) in [6, 6.07) is 11.5. The fourth-order valence-corrected chi connectivity index (χ4v) is 3.10. The highest BCUT2D eigenvalue weighted by atomic mass is 35.5. The van der Waals surface area contributed by atoms with E-state index in [-0.39, 0.29) is 18.3 Å². The van der Waals surface area contributed by atoms with Crippen LogP contribution < -0.4 is 15.8 Å². The molecule has 7 nitrogen and oxygen atoms in total. The molecule has 1 atom stereocenters. The molecule has 2 heterocycles. The van der Waals surface area contributed by atoms with E-state index in [9.17, 15) is 4.79 Å². The number of nitrogens with two attached hydrogens (primary N) is 1. The second kappa shape index (κ2) is 8.00.